The van der Waals surface area contributed by atoms with Gasteiger partial charge in [0.05, 0.1) is 65.2 Å². The van der Waals surface area contributed by atoms with Crippen molar-refractivity contribution >= 4 is 111 Å². The Bertz CT molecular complexity index is 3660. The van der Waals surface area contributed by atoms with Crippen molar-refractivity contribution in [2.45, 2.75) is 34.6 Å². The average molecular weight is 1120 g/mol. The van der Waals surface area contributed by atoms with E-state index in [0.29, 0.717) is 21.9 Å². The fourth-order valence-electron chi connectivity index (χ4n) is 6.70. The molecule has 4 N–H and O–H groups in total. The normalized spacial score (nSPS) is 11.0. The molecule has 0 fully saturated rings. The minimum absolute atomic E-state index is 0. The summed E-state index contributed by atoms with van der Waals surface area (Å²) in [5, 5.41) is 12.9. The summed E-state index contributed by atoms with van der Waals surface area (Å²) in [6.07, 6.45) is 0.152. The van der Waals surface area contributed by atoms with Crippen molar-refractivity contribution in [3.8, 4) is 17.4 Å². The zero-order valence-electron chi connectivity index (χ0n) is 38.6. The number of sulfone groups is 1. The van der Waals surface area contributed by atoms with Crippen LogP contribution in [0.5, 0.6) is 0 Å². The number of Topliss-reactive ketones (excluding diaryl/α,β-unsaturated/α-hetero) is 1. The van der Waals surface area contributed by atoms with Crippen LogP contribution in [0.1, 0.15) is 24.5 Å². The van der Waals surface area contributed by atoms with E-state index in [9.17, 15) is 54.4 Å². The van der Waals surface area contributed by atoms with Crippen LogP contribution in [0.4, 0.5) is 20.2 Å². The summed E-state index contributed by atoms with van der Waals surface area (Å²) in [6, 6.07) is 23.8. The Labute approximate surface area is 453 Å². The third-order valence-corrected chi connectivity index (χ3v) is 16.5. The molecule has 0 saturated carbocycles. The Balaban J connectivity index is 0.000000249. The van der Waals surface area contributed by atoms with Crippen LogP contribution in [0.2, 0.25) is 8.67 Å². The number of fused-ring (bicyclic) bond motifs is 2. The first-order chi connectivity index (χ1) is 34.1. The van der Waals surface area contributed by atoms with Crippen molar-refractivity contribution in [3.63, 3.8) is 0 Å². The quantitative estimate of drug-likeness (QED) is 0.116. The molecule has 0 aliphatic heterocycles. The monoisotopic (exact) mass is 1120 g/mol. The van der Waals surface area contributed by atoms with Gasteiger partial charge >= 0.3 is 40.9 Å². The largest absolute Gasteiger partial charge is 1.00 e. The Kier molecular flexibility index (Phi) is 19.4. The number of thiophene rings is 2. The van der Waals surface area contributed by atoms with Crippen LogP contribution in [-0.4, -0.2) is 67.5 Å². The number of benzene rings is 4. The molecule has 0 aliphatic carbocycles. The number of ketones is 1. The fraction of sp³-hybridized carbons (Fsp3) is 0.152. The molecule has 0 spiro atoms. The summed E-state index contributed by atoms with van der Waals surface area (Å²) in [5.41, 5.74) is -0.937. The van der Waals surface area contributed by atoms with Crippen LogP contribution in [-0.2, 0) is 42.3 Å². The maximum atomic E-state index is 14.2. The Morgan fingerprint density at radius 2 is 1.10 bits per heavy atom. The number of aromatic nitrogens is 4. The number of carbonyl (C=O) groups is 2. The minimum atomic E-state index is -4.17. The number of H-pyrrole nitrogens is 2. The average Bonchev–Trinajstić information content (AvgIpc) is 3.99. The smallest absolute Gasteiger partial charge is 0.541 e. The first kappa shape index (κ1) is 57.6. The van der Waals surface area contributed by atoms with Gasteiger partial charge in [0.25, 0.3) is 11.1 Å². The first-order valence-corrected chi connectivity index (χ1v) is 26.2. The van der Waals surface area contributed by atoms with Crippen LogP contribution >= 0.6 is 45.9 Å². The zero-order valence-corrected chi connectivity index (χ0v) is 45.4. The Morgan fingerprint density at radius 1 is 0.685 bits per heavy atom. The van der Waals surface area contributed by atoms with E-state index in [2.05, 4.69) is 25.3 Å². The molecule has 4 aromatic carbocycles. The van der Waals surface area contributed by atoms with Gasteiger partial charge in [-0.25, -0.2) is 44.3 Å². The number of hydrogen-bond acceptors (Lipinski definition) is 15. The topological polar surface area (TPSA) is 274 Å². The number of halogens is 4. The number of hydrogen-bond donors (Lipinski definition) is 4. The molecule has 8 aromatic rings. The van der Waals surface area contributed by atoms with Gasteiger partial charge in [0.15, 0.2) is 15.6 Å². The van der Waals surface area contributed by atoms with Crippen LogP contribution in [0.25, 0.3) is 37.9 Å². The third kappa shape index (κ3) is 13.9. The van der Waals surface area contributed by atoms with Gasteiger partial charge in [-0.1, -0.05) is 54.4 Å². The van der Waals surface area contributed by atoms with Crippen molar-refractivity contribution in [1.29, 1.82) is 5.26 Å². The van der Waals surface area contributed by atoms with Gasteiger partial charge in [-0.3, -0.25) is 14.4 Å². The maximum Gasteiger partial charge on any atom is 1.00 e. The number of nitrogens with one attached hydrogen (secondary N) is 4. The van der Waals surface area contributed by atoms with Gasteiger partial charge in [0, 0.05) is 33.4 Å². The van der Waals surface area contributed by atoms with Crippen molar-refractivity contribution in [2.24, 2.45) is 0 Å². The number of nitrogens with zero attached hydrogens (tertiary/aromatic N) is 4. The molecule has 4 aromatic heterocycles. The van der Waals surface area contributed by atoms with Gasteiger partial charge in [0.1, 0.15) is 35.8 Å². The SMILES string of the molecule is CCC#N.CNc1cc2[nH]c(=O)n(-c3ccc(CC(=O)CS(=O)(=O)c4ccc(Cl)s4)cc3)c(=O)c2cc1F.CNc1cc2[nH]c(=O)n(-c3ccc(CC(=O)[N-]S(=O)(=O)c4ccc(Cl)s4)cc3)c(=O)c2cc1F.[Na+]. The van der Waals surface area contributed by atoms with Crippen molar-refractivity contribution in [3.05, 3.63) is 175 Å². The van der Waals surface area contributed by atoms with E-state index in [1.165, 1.54) is 99.0 Å². The fourth-order valence-corrected chi connectivity index (χ4v) is 11.9. The summed E-state index contributed by atoms with van der Waals surface area (Å²) in [4.78, 5) is 80.5. The van der Waals surface area contributed by atoms with Crippen LogP contribution < -0.4 is 62.7 Å². The van der Waals surface area contributed by atoms with Crippen LogP contribution in [0.3, 0.4) is 0 Å². The molecule has 18 nitrogen and oxygen atoms in total. The number of carbonyl (C=O) groups excluding carboxylic acids is 2. The number of sulfonamides is 1. The predicted molar refractivity (Wildman–Crippen MR) is 274 cm³/mol. The molecule has 1 amide bonds. The van der Waals surface area contributed by atoms with E-state index >= 15 is 0 Å². The Hall–Kier alpha value is -6.27. The van der Waals surface area contributed by atoms with Crippen molar-refractivity contribution in [1.82, 2.24) is 19.1 Å². The molecule has 8 rings (SSSR count). The van der Waals surface area contributed by atoms with Crippen LogP contribution in [0.15, 0.2) is 125 Å². The molecular formula is C46H37Cl2F2N8NaO10S4. The number of nitriles is 1. The summed E-state index contributed by atoms with van der Waals surface area (Å²) in [5.74, 6) is -3.37. The van der Waals surface area contributed by atoms with E-state index < -0.39 is 71.4 Å². The molecule has 4 heterocycles. The molecule has 0 bridgehead atoms. The second kappa shape index (κ2) is 24.6. The molecule has 0 atom stereocenters. The summed E-state index contributed by atoms with van der Waals surface area (Å²) in [6.45, 7) is 1.82. The summed E-state index contributed by atoms with van der Waals surface area (Å²) in [7, 11) is -4.93. The standard InChI is InChI=1S/C22H17ClFN3O5S2.C21H16ClFN4O5S2.C3H5N.Na/c1-25-18-10-17-15(9-16(18)24)21(29)27(22(30)26-17)13-4-2-12(3-5-13)8-14(28)11-34(31,32)20-7-6-19(23)33-20;1-24-16-10-15-13(9-14(16)23)20(29)27(21(30)25-15)12-4-2-11(3-5-12)8-18(28)26-34(31,32)19-7-6-17(22)33-19;1-2-3-4;/h2-7,9-10,25H,8,11H2,1H3,(H,26,30);2-7,9-10H,8H2,1H3,(H3,24,25,26,28,29,30);2H2,1H3;/q;;;+1/p-1. The van der Waals surface area contributed by atoms with E-state index in [1.54, 1.807) is 0 Å². The van der Waals surface area contributed by atoms with E-state index in [4.69, 9.17) is 28.5 Å². The van der Waals surface area contributed by atoms with Crippen LogP contribution in [0, 0.1) is 23.0 Å². The molecule has 0 aliphatic rings. The zero-order chi connectivity index (χ0) is 52.7. The Morgan fingerprint density at radius 3 is 1.48 bits per heavy atom. The van der Waals surface area contributed by atoms with Gasteiger partial charge < -0.3 is 30.1 Å². The third-order valence-electron chi connectivity index (χ3n) is 10.0. The minimum Gasteiger partial charge on any atom is -0.541 e. The molecule has 0 radical (unpaired) electrons. The molecular weight excluding hydrogens is 1080 g/mol. The van der Waals surface area contributed by atoms with Crippen molar-refractivity contribution in [2.75, 3.05) is 30.5 Å². The van der Waals surface area contributed by atoms with Crippen molar-refractivity contribution < 1.29 is 64.8 Å². The molecule has 0 saturated heterocycles. The van der Waals surface area contributed by atoms with E-state index in [-0.39, 0.29) is 99.7 Å². The van der Waals surface area contributed by atoms with E-state index in [1.807, 2.05) is 13.0 Å². The maximum absolute atomic E-state index is 14.2. The van der Waals surface area contributed by atoms with Gasteiger partial charge in [-0.2, -0.15) is 5.26 Å². The predicted octanol–water partition coefficient (Wildman–Crippen LogP) is 4.49. The second-order valence-electron chi connectivity index (χ2n) is 15.0. The number of amides is 1. The summed E-state index contributed by atoms with van der Waals surface area (Å²) < 4.78 is 82.8. The summed E-state index contributed by atoms with van der Waals surface area (Å²) >= 11 is 13.2. The van der Waals surface area contributed by atoms with Gasteiger partial charge in [-0.15, -0.1) is 22.7 Å². The van der Waals surface area contributed by atoms with Gasteiger partial charge in [0.2, 0.25) is 0 Å². The molecule has 73 heavy (non-hydrogen) atoms. The molecule has 0 unspecified atom stereocenters. The number of rotatable bonds is 13. The second-order valence-corrected chi connectivity index (χ2v) is 22.4. The number of aromatic amines is 2. The molecule has 374 valence electrons. The van der Waals surface area contributed by atoms with Gasteiger partial charge in [-0.05, 0) is 83.9 Å². The van der Waals surface area contributed by atoms with E-state index in [0.717, 1.165) is 43.9 Å². The number of anilines is 2. The first-order valence-electron chi connectivity index (χ1n) is 20.7. The molecule has 27 heteroatoms.